The van der Waals surface area contributed by atoms with Crippen molar-refractivity contribution in [2.24, 2.45) is 0 Å². The lowest BCUT2D eigenvalue weighted by Gasteiger charge is -2.13. The van der Waals surface area contributed by atoms with E-state index >= 15 is 0 Å². The number of carbonyl (C=O) groups is 1. The summed E-state index contributed by atoms with van der Waals surface area (Å²) in [6, 6.07) is 3.02. The van der Waals surface area contributed by atoms with E-state index in [1.54, 1.807) is 12.1 Å². The SMILES string of the molecule is CCC(CO)NC(=O)c1ncccc1N. The predicted octanol–water partition coefficient (Wildman–Crippen LogP) is 0.164. The maximum atomic E-state index is 11.6. The Kier molecular flexibility index (Phi) is 4.05. The van der Waals surface area contributed by atoms with Crippen LogP contribution in [0.25, 0.3) is 0 Å². The Morgan fingerprint density at radius 1 is 1.73 bits per heavy atom. The molecule has 5 heteroatoms. The number of aliphatic hydroxyl groups is 1. The van der Waals surface area contributed by atoms with E-state index in [1.165, 1.54) is 6.20 Å². The highest BCUT2D eigenvalue weighted by Gasteiger charge is 2.14. The van der Waals surface area contributed by atoms with Gasteiger partial charge in [0.05, 0.1) is 18.3 Å². The van der Waals surface area contributed by atoms with Crippen LogP contribution < -0.4 is 11.1 Å². The third-order valence-corrected chi connectivity index (χ3v) is 2.10. The average molecular weight is 209 g/mol. The van der Waals surface area contributed by atoms with Gasteiger partial charge in [-0.1, -0.05) is 6.92 Å². The Hall–Kier alpha value is -1.62. The van der Waals surface area contributed by atoms with Gasteiger partial charge in [0.2, 0.25) is 0 Å². The fourth-order valence-corrected chi connectivity index (χ4v) is 1.14. The fraction of sp³-hybridized carbons (Fsp3) is 0.400. The highest BCUT2D eigenvalue weighted by molar-refractivity contribution is 5.97. The first-order valence-electron chi connectivity index (χ1n) is 4.81. The molecule has 0 saturated heterocycles. The van der Waals surface area contributed by atoms with Crippen molar-refractivity contribution in [1.82, 2.24) is 10.3 Å². The molecule has 0 aliphatic rings. The van der Waals surface area contributed by atoms with Gasteiger partial charge in [-0.15, -0.1) is 0 Å². The van der Waals surface area contributed by atoms with Crippen LogP contribution in [0.1, 0.15) is 23.8 Å². The van der Waals surface area contributed by atoms with Crippen molar-refractivity contribution in [2.45, 2.75) is 19.4 Å². The number of nitrogens with zero attached hydrogens (tertiary/aromatic N) is 1. The van der Waals surface area contributed by atoms with Crippen molar-refractivity contribution in [3.8, 4) is 0 Å². The van der Waals surface area contributed by atoms with Crippen molar-refractivity contribution < 1.29 is 9.90 Å². The number of hydrogen-bond acceptors (Lipinski definition) is 4. The van der Waals surface area contributed by atoms with Crippen LogP contribution in [0, 0.1) is 0 Å². The molecule has 5 nitrogen and oxygen atoms in total. The Labute approximate surface area is 88.3 Å². The van der Waals surface area contributed by atoms with Gasteiger partial charge in [0, 0.05) is 6.20 Å². The highest BCUT2D eigenvalue weighted by atomic mass is 16.3. The Bertz CT molecular complexity index is 337. The molecule has 1 atom stereocenters. The minimum Gasteiger partial charge on any atom is -0.397 e. The summed E-state index contributed by atoms with van der Waals surface area (Å²) in [6.45, 7) is 1.79. The summed E-state index contributed by atoms with van der Waals surface area (Å²) >= 11 is 0. The molecule has 0 aliphatic carbocycles. The summed E-state index contributed by atoms with van der Waals surface area (Å²) < 4.78 is 0. The minimum atomic E-state index is -0.353. The molecule has 0 aromatic carbocycles. The molecule has 82 valence electrons. The standard InChI is InChI=1S/C10H15N3O2/c1-2-7(6-14)13-10(15)9-8(11)4-3-5-12-9/h3-5,7,14H,2,6,11H2,1H3,(H,13,15). The Balaban J connectivity index is 2.73. The van der Waals surface area contributed by atoms with Crippen molar-refractivity contribution in [1.29, 1.82) is 0 Å². The van der Waals surface area contributed by atoms with E-state index in [9.17, 15) is 4.79 Å². The monoisotopic (exact) mass is 209 g/mol. The molecule has 1 unspecified atom stereocenters. The van der Waals surface area contributed by atoms with E-state index in [0.29, 0.717) is 12.1 Å². The predicted molar refractivity (Wildman–Crippen MR) is 57.3 cm³/mol. The lowest BCUT2D eigenvalue weighted by molar-refractivity contribution is 0.0911. The third kappa shape index (κ3) is 2.92. The molecule has 0 saturated carbocycles. The van der Waals surface area contributed by atoms with Crippen molar-refractivity contribution >= 4 is 11.6 Å². The zero-order valence-electron chi connectivity index (χ0n) is 8.60. The van der Waals surface area contributed by atoms with Crippen molar-refractivity contribution in [3.05, 3.63) is 24.0 Å². The molecule has 15 heavy (non-hydrogen) atoms. The van der Waals surface area contributed by atoms with Crippen molar-refractivity contribution in [3.63, 3.8) is 0 Å². The van der Waals surface area contributed by atoms with Crippen LogP contribution in [-0.2, 0) is 0 Å². The number of amides is 1. The lowest BCUT2D eigenvalue weighted by atomic mass is 10.2. The molecule has 4 N–H and O–H groups in total. The van der Waals surface area contributed by atoms with Gasteiger partial charge < -0.3 is 16.2 Å². The van der Waals surface area contributed by atoms with Gasteiger partial charge >= 0.3 is 0 Å². The molecular weight excluding hydrogens is 194 g/mol. The number of aromatic nitrogens is 1. The quantitative estimate of drug-likeness (QED) is 0.659. The van der Waals surface area contributed by atoms with Gasteiger partial charge in [0.25, 0.3) is 5.91 Å². The van der Waals surface area contributed by atoms with Crippen LogP contribution in [0.15, 0.2) is 18.3 Å². The number of pyridine rings is 1. The van der Waals surface area contributed by atoms with Gasteiger partial charge in [-0.05, 0) is 18.6 Å². The van der Waals surface area contributed by atoms with Crippen LogP contribution >= 0.6 is 0 Å². The number of nitrogens with two attached hydrogens (primary N) is 1. The van der Waals surface area contributed by atoms with Gasteiger partial charge in [0.1, 0.15) is 0 Å². The maximum absolute atomic E-state index is 11.6. The molecular formula is C10H15N3O2. The van der Waals surface area contributed by atoms with E-state index in [0.717, 1.165) is 0 Å². The van der Waals surface area contributed by atoms with Gasteiger partial charge in [-0.3, -0.25) is 4.79 Å². The summed E-state index contributed by atoms with van der Waals surface area (Å²) in [6.07, 6.45) is 2.17. The van der Waals surface area contributed by atoms with E-state index in [-0.39, 0.29) is 24.2 Å². The number of anilines is 1. The summed E-state index contributed by atoms with van der Waals surface area (Å²) in [5.74, 6) is -0.353. The highest BCUT2D eigenvalue weighted by Crippen LogP contribution is 2.06. The van der Waals surface area contributed by atoms with Crippen LogP contribution in [0.4, 0.5) is 5.69 Å². The molecule has 0 fully saturated rings. The summed E-state index contributed by atoms with van der Waals surface area (Å²) in [5, 5.41) is 11.6. The number of carbonyl (C=O) groups excluding carboxylic acids is 1. The van der Waals surface area contributed by atoms with Gasteiger partial charge in [-0.2, -0.15) is 0 Å². The normalized spacial score (nSPS) is 12.1. The second-order valence-corrected chi connectivity index (χ2v) is 3.20. The Morgan fingerprint density at radius 2 is 2.47 bits per heavy atom. The molecule has 0 bridgehead atoms. The van der Waals surface area contributed by atoms with Crippen LogP contribution in [0.5, 0.6) is 0 Å². The van der Waals surface area contributed by atoms with Crippen LogP contribution in [0.3, 0.4) is 0 Å². The molecule has 0 spiro atoms. The second kappa shape index (κ2) is 5.31. The van der Waals surface area contributed by atoms with E-state index < -0.39 is 0 Å². The number of rotatable bonds is 4. The molecule has 1 aromatic heterocycles. The number of aliphatic hydroxyl groups excluding tert-OH is 1. The first-order chi connectivity index (χ1) is 7.19. The lowest BCUT2D eigenvalue weighted by Crippen LogP contribution is -2.37. The van der Waals surface area contributed by atoms with Crippen molar-refractivity contribution in [2.75, 3.05) is 12.3 Å². The molecule has 0 radical (unpaired) electrons. The largest absolute Gasteiger partial charge is 0.397 e. The summed E-state index contributed by atoms with van der Waals surface area (Å²) in [5.41, 5.74) is 6.13. The molecule has 1 amide bonds. The van der Waals surface area contributed by atoms with E-state index in [2.05, 4.69) is 10.3 Å². The molecule has 1 aromatic rings. The zero-order chi connectivity index (χ0) is 11.3. The number of hydrogen-bond donors (Lipinski definition) is 3. The topological polar surface area (TPSA) is 88.2 Å². The molecule has 1 rings (SSSR count). The third-order valence-electron chi connectivity index (χ3n) is 2.10. The van der Waals surface area contributed by atoms with Crippen LogP contribution in [-0.4, -0.2) is 28.6 Å². The smallest absolute Gasteiger partial charge is 0.272 e. The summed E-state index contributed by atoms with van der Waals surface area (Å²) in [7, 11) is 0. The molecule has 0 aliphatic heterocycles. The second-order valence-electron chi connectivity index (χ2n) is 3.20. The fourth-order valence-electron chi connectivity index (χ4n) is 1.14. The zero-order valence-corrected chi connectivity index (χ0v) is 8.60. The average Bonchev–Trinajstić information content (AvgIpc) is 2.26. The van der Waals surface area contributed by atoms with Crippen LogP contribution in [0.2, 0.25) is 0 Å². The Morgan fingerprint density at radius 3 is 3.00 bits per heavy atom. The van der Waals surface area contributed by atoms with Gasteiger partial charge in [-0.25, -0.2) is 4.98 Å². The minimum absolute atomic E-state index is 0.0883. The number of nitrogen functional groups attached to an aromatic ring is 1. The first-order valence-corrected chi connectivity index (χ1v) is 4.81. The summed E-state index contributed by atoms with van der Waals surface area (Å²) in [4.78, 5) is 15.5. The van der Waals surface area contributed by atoms with E-state index in [1.807, 2.05) is 6.92 Å². The number of nitrogens with one attached hydrogen (secondary N) is 1. The van der Waals surface area contributed by atoms with E-state index in [4.69, 9.17) is 10.8 Å². The maximum Gasteiger partial charge on any atom is 0.272 e. The molecule has 1 heterocycles. The van der Waals surface area contributed by atoms with Gasteiger partial charge in [0.15, 0.2) is 5.69 Å². The first kappa shape index (κ1) is 11.5.